The highest BCUT2D eigenvalue weighted by molar-refractivity contribution is 6.31. The van der Waals surface area contributed by atoms with Crippen LogP contribution in [0, 0.1) is 0 Å². The molecule has 0 saturated heterocycles. The lowest BCUT2D eigenvalue weighted by atomic mass is 10.2. The molecule has 0 fully saturated rings. The van der Waals surface area contributed by atoms with Crippen LogP contribution >= 0.6 is 11.6 Å². The maximum Gasteiger partial charge on any atom is 0.254 e. The zero-order valence-electron chi connectivity index (χ0n) is 10.5. The summed E-state index contributed by atoms with van der Waals surface area (Å²) in [4.78, 5) is 11.7. The van der Waals surface area contributed by atoms with E-state index >= 15 is 0 Å². The number of halogens is 1. The minimum absolute atomic E-state index is 0.217. The summed E-state index contributed by atoms with van der Waals surface area (Å²) < 4.78 is 5.68. The molecule has 4 heteroatoms. The predicted molar refractivity (Wildman–Crippen MR) is 75.6 cm³/mol. The average Bonchev–Trinajstić information content (AvgIpc) is 2.46. The molecular weight excluding hydrogens is 262 g/mol. The van der Waals surface area contributed by atoms with Crippen molar-refractivity contribution in [1.82, 2.24) is 5.32 Å². The van der Waals surface area contributed by atoms with E-state index in [1.165, 1.54) is 0 Å². The molecule has 0 heterocycles. The molecule has 0 aliphatic carbocycles. The van der Waals surface area contributed by atoms with Crippen LogP contribution < -0.4 is 10.1 Å². The van der Waals surface area contributed by atoms with Crippen molar-refractivity contribution >= 4 is 17.5 Å². The molecule has 3 nitrogen and oxygen atoms in total. The van der Waals surface area contributed by atoms with Gasteiger partial charge in [-0.1, -0.05) is 41.9 Å². The molecule has 0 saturated carbocycles. The van der Waals surface area contributed by atoms with Gasteiger partial charge in [0.1, 0.15) is 12.4 Å². The fraction of sp³-hybridized carbons (Fsp3) is 0.133. The standard InChI is InChI=1S/C15H14ClNO2/c1-17-15(18)13-9-12(16)7-8-14(13)19-10-11-5-3-2-4-6-11/h2-9H,10H2,1H3,(H,17,18). The third-order valence-electron chi connectivity index (χ3n) is 2.65. The Balaban J connectivity index is 2.18. The van der Waals surface area contributed by atoms with Crippen molar-refractivity contribution in [3.8, 4) is 5.75 Å². The van der Waals surface area contributed by atoms with E-state index in [1.807, 2.05) is 30.3 Å². The lowest BCUT2D eigenvalue weighted by Crippen LogP contribution is -2.18. The topological polar surface area (TPSA) is 38.3 Å². The van der Waals surface area contributed by atoms with Crippen LogP contribution in [0.1, 0.15) is 15.9 Å². The molecule has 0 aliphatic heterocycles. The van der Waals surface area contributed by atoms with Crippen LogP contribution in [0.2, 0.25) is 5.02 Å². The van der Waals surface area contributed by atoms with E-state index in [0.717, 1.165) is 5.56 Å². The Bertz CT molecular complexity index is 570. The second-order valence-electron chi connectivity index (χ2n) is 3.99. The SMILES string of the molecule is CNC(=O)c1cc(Cl)ccc1OCc1ccccc1. The largest absolute Gasteiger partial charge is 0.488 e. The summed E-state index contributed by atoms with van der Waals surface area (Å²) in [7, 11) is 1.57. The van der Waals surface area contributed by atoms with Gasteiger partial charge in [-0.25, -0.2) is 0 Å². The van der Waals surface area contributed by atoms with Gasteiger partial charge < -0.3 is 10.1 Å². The van der Waals surface area contributed by atoms with Gasteiger partial charge in [0.25, 0.3) is 5.91 Å². The Morgan fingerprint density at radius 1 is 1.21 bits per heavy atom. The smallest absolute Gasteiger partial charge is 0.254 e. The Morgan fingerprint density at radius 2 is 1.95 bits per heavy atom. The highest BCUT2D eigenvalue weighted by atomic mass is 35.5. The molecule has 0 atom stereocenters. The van der Waals surface area contributed by atoms with E-state index in [1.54, 1.807) is 25.2 Å². The van der Waals surface area contributed by atoms with Gasteiger partial charge >= 0.3 is 0 Å². The van der Waals surface area contributed by atoms with Crippen molar-refractivity contribution in [2.75, 3.05) is 7.05 Å². The molecule has 98 valence electrons. The molecule has 1 amide bonds. The molecule has 0 bridgehead atoms. The lowest BCUT2D eigenvalue weighted by molar-refractivity contribution is 0.0958. The second-order valence-corrected chi connectivity index (χ2v) is 4.43. The minimum Gasteiger partial charge on any atom is -0.488 e. The van der Waals surface area contributed by atoms with Gasteiger partial charge in [-0.15, -0.1) is 0 Å². The number of benzene rings is 2. The molecule has 1 N–H and O–H groups in total. The van der Waals surface area contributed by atoms with Crippen LogP contribution in [-0.4, -0.2) is 13.0 Å². The number of nitrogens with one attached hydrogen (secondary N) is 1. The third-order valence-corrected chi connectivity index (χ3v) is 2.89. The predicted octanol–water partition coefficient (Wildman–Crippen LogP) is 3.28. The van der Waals surface area contributed by atoms with Crippen LogP contribution in [0.15, 0.2) is 48.5 Å². The van der Waals surface area contributed by atoms with Crippen LogP contribution in [0.4, 0.5) is 0 Å². The quantitative estimate of drug-likeness (QED) is 0.930. The highest BCUT2D eigenvalue weighted by Gasteiger charge is 2.12. The van der Waals surface area contributed by atoms with Gasteiger partial charge in [0.05, 0.1) is 5.56 Å². The zero-order chi connectivity index (χ0) is 13.7. The van der Waals surface area contributed by atoms with Crippen molar-refractivity contribution in [3.63, 3.8) is 0 Å². The first kappa shape index (κ1) is 13.4. The number of rotatable bonds is 4. The van der Waals surface area contributed by atoms with Crippen molar-refractivity contribution in [2.45, 2.75) is 6.61 Å². The Hall–Kier alpha value is -2.00. The van der Waals surface area contributed by atoms with E-state index in [4.69, 9.17) is 16.3 Å². The van der Waals surface area contributed by atoms with Gasteiger partial charge in [0.2, 0.25) is 0 Å². The molecule has 2 aromatic rings. The van der Waals surface area contributed by atoms with Gasteiger partial charge in [0.15, 0.2) is 0 Å². The summed E-state index contributed by atoms with van der Waals surface area (Å²) in [6.07, 6.45) is 0. The van der Waals surface area contributed by atoms with Gasteiger partial charge in [-0.3, -0.25) is 4.79 Å². The average molecular weight is 276 g/mol. The van der Waals surface area contributed by atoms with Crippen LogP contribution in [0.25, 0.3) is 0 Å². The normalized spacial score (nSPS) is 10.0. The fourth-order valence-corrected chi connectivity index (χ4v) is 1.85. The van der Waals surface area contributed by atoms with Crippen molar-refractivity contribution in [1.29, 1.82) is 0 Å². The van der Waals surface area contributed by atoms with Crippen LogP contribution in [-0.2, 0) is 6.61 Å². The number of hydrogen-bond acceptors (Lipinski definition) is 2. The summed E-state index contributed by atoms with van der Waals surface area (Å²) >= 11 is 5.90. The number of ether oxygens (including phenoxy) is 1. The Kier molecular flexibility index (Phi) is 4.42. The Labute approximate surface area is 117 Å². The number of carbonyl (C=O) groups is 1. The monoisotopic (exact) mass is 275 g/mol. The maximum absolute atomic E-state index is 11.7. The lowest BCUT2D eigenvalue weighted by Gasteiger charge is -2.11. The summed E-state index contributed by atoms with van der Waals surface area (Å²) in [5.74, 6) is 0.304. The summed E-state index contributed by atoms with van der Waals surface area (Å²) in [6, 6.07) is 14.8. The molecule has 0 aromatic heterocycles. The number of carbonyl (C=O) groups excluding carboxylic acids is 1. The van der Waals surface area contributed by atoms with E-state index in [9.17, 15) is 4.79 Å². The van der Waals surface area contributed by atoms with Crippen molar-refractivity contribution in [3.05, 3.63) is 64.7 Å². The maximum atomic E-state index is 11.7. The summed E-state index contributed by atoms with van der Waals surface area (Å²) in [5.41, 5.74) is 1.48. The zero-order valence-corrected chi connectivity index (χ0v) is 11.3. The van der Waals surface area contributed by atoms with E-state index in [0.29, 0.717) is 22.9 Å². The second kappa shape index (κ2) is 6.25. The van der Waals surface area contributed by atoms with Crippen molar-refractivity contribution < 1.29 is 9.53 Å². The third kappa shape index (κ3) is 3.48. The van der Waals surface area contributed by atoms with E-state index < -0.39 is 0 Å². The molecular formula is C15H14ClNO2. The summed E-state index contributed by atoms with van der Waals surface area (Å²) in [6.45, 7) is 0.409. The highest BCUT2D eigenvalue weighted by Crippen LogP contribution is 2.23. The fourth-order valence-electron chi connectivity index (χ4n) is 1.68. The van der Waals surface area contributed by atoms with Crippen LogP contribution in [0.3, 0.4) is 0 Å². The van der Waals surface area contributed by atoms with Crippen LogP contribution in [0.5, 0.6) is 5.75 Å². The van der Waals surface area contributed by atoms with Gasteiger partial charge in [0, 0.05) is 12.1 Å². The first-order valence-corrected chi connectivity index (χ1v) is 6.27. The minimum atomic E-state index is -0.217. The Morgan fingerprint density at radius 3 is 2.63 bits per heavy atom. The van der Waals surface area contributed by atoms with E-state index in [-0.39, 0.29) is 5.91 Å². The number of hydrogen-bond donors (Lipinski definition) is 1. The van der Waals surface area contributed by atoms with Crippen molar-refractivity contribution in [2.24, 2.45) is 0 Å². The molecule has 19 heavy (non-hydrogen) atoms. The van der Waals surface area contributed by atoms with Gasteiger partial charge in [-0.2, -0.15) is 0 Å². The first-order valence-electron chi connectivity index (χ1n) is 5.89. The molecule has 0 unspecified atom stereocenters. The molecule has 2 aromatic carbocycles. The number of amides is 1. The summed E-state index contributed by atoms with van der Waals surface area (Å²) in [5, 5.41) is 3.07. The van der Waals surface area contributed by atoms with Gasteiger partial charge in [-0.05, 0) is 23.8 Å². The first-order chi connectivity index (χ1) is 9.20. The van der Waals surface area contributed by atoms with E-state index in [2.05, 4.69) is 5.32 Å². The molecule has 0 aliphatic rings. The molecule has 2 rings (SSSR count). The molecule has 0 radical (unpaired) electrons. The molecule has 0 spiro atoms.